The van der Waals surface area contributed by atoms with Gasteiger partial charge in [-0.25, -0.2) is 4.79 Å². The Hall–Kier alpha value is -3.15. The van der Waals surface area contributed by atoms with Gasteiger partial charge in [-0.1, -0.05) is 30.3 Å². The largest absolute Gasteiger partial charge is 0.480 e. The summed E-state index contributed by atoms with van der Waals surface area (Å²) in [5.74, 6) is -2.24. The van der Waals surface area contributed by atoms with Gasteiger partial charge >= 0.3 is 11.9 Å². The summed E-state index contributed by atoms with van der Waals surface area (Å²) in [6.07, 6.45) is 2.04. The van der Waals surface area contributed by atoms with Crippen LogP contribution in [0.1, 0.15) is 41.0 Å². The summed E-state index contributed by atoms with van der Waals surface area (Å²) in [6.45, 7) is -0.315. The Labute approximate surface area is 160 Å². The van der Waals surface area contributed by atoms with Crippen LogP contribution in [0, 0.1) is 5.92 Å². The van der Waals surface area contributed by atoms with Crippen LogP contribution in [0.5, 0.6) is 0 Å². The normalized spacial score (nSPS) is 16.5. The highest BCUT2D eigenvalue weighted by Crippen LogP contribution is 2.25. The van der Waals surface area contributed by atoms with Crippen molar-refractivity contribution in [1.82, 2.24) is 5.32 Å². The van der Waals surface area contributed by atoms with E-state index in [2.05, 4.69) is 5.32 Å². The molecule has 0 heterocycles. The highest BCUT2D eigenvalue weighted by Gasteiger charge is 2.20. The molecule has 1 unspecified atom stereocenters. The maximum atomic E-state index is 12.4. The molecule has 0 spiro atoms. The van der Waals surface area contributed by atoms with Crippen molar-refractivity contribution < 1.29 is 27.0 Å². The number of hydrogen-bond donors (Lipinski definition) is 2. The summed E-state index contributed by atoms with van der Waals surface area (Å²) in [6, 6.07) is 10.0. The average Bonchev–Trinajstić information content (AvgIpc) is 2.73. The van der Waals surface area contributed by atoms with Crippen molar-refractivity contribution in [2.24, 2.45) is 5.92 Å². The molecule has 1 atom stereocenters. The monoisotopic (exact) mass is 369 g/mol. The number of benzene rings is 2. The highest BCUT2D eigenvalue weighted by molar-refractivity contribution is 5.98. The number of nitrogens with one attached hydrogen (secondary N) is 1. The van der Waals surface area contributed by atoms with Crippen molar-refractivity contribution in [2.45, 2.75) is 19.3 Å². The third-order valence-corrected chi connectivity index (χ3v) is 4.47. The fourth-order valence-corrected chi connectivity index (χ4v) is 3.07. The lowest BCUT2D eigenvalue weighted by Gasteiger charge is -2.24. The molecule has 0 saturated carbocycles. The first-order valence-corrected chi connectivity index (χ1v) is 8.70. The molecule has 2 aromatic rings. The summed E-state index contributed by atoms with van der Waals surface area (Å²) >= 11 is 0. The molecule has 0 fully saturated rings. The Morgan fingerprint density at radius 1 is 1.15 bits per heavy atom. The van der Waals surface area contributed by atoms with Gasteiger partial charge in [0, 0.05) is 5.56 Å². The van der Waals surface area contributed by atoms with E-state index in [0.29, 0.717) is 24.9 Å². The molecule has 0 bridgehead atoms. The minimum Gasteiger partial charge on any atom is -0.480 e. The summed E-state index contributed by atoms with van der Waals surface area (Å²) in [4.78, 5) is 34.9. The molecule has 1 aliphatic rings. The number of aliphatic carboxylic acids is 1. The molecule has 3 rings (SSSR count). The number of fused-ring (bicyclic) bond motifs is 1. The number of carbonyl (C=O) groups excluding carboxylic acids is 2. The number of ether oxygens (including phenoxy) is 1. The Morgan fingerprint density at radius 3 is 2.67 bits per heavy atom. The molecular formula is C21H21NO5. The Balaban J connectivity index is 1.60. The number of rotatable bonds is 6. The fourth-order valence-electron chi connectivity index (χ4n) is 3.07. The molecule has 6 nitrogen and oxygen atoms in total. The van der Waals surface area contributed by atoms with Gasteiger partial charge in [0.25, 0.3) is 5.91 Å². The second-order valence-corrected chi connectivity index (χ2v) is 6.44. The van der Waals surface area contributed by atoms with Crippen molar-refractivity contribution in [2.75, 3.05) is 13.2 Å². The average molecular weight is 369 g/mol. The molecule has 140 valence electrons. The standard InChI is InChI=1S/C21H21NO5/c23-19(24)12-22-20(25)17-6-3-7-18(11-17)21(26)27-13-14-8-9-15-4-1-2-5-16(15)10-14/h1-7,11,14H,8-10,12-13H2,(H,22,25)(H,23,24)/i4D,5D. The van der Waals surface area contributed by atoms with Crippen molar-refractivity contribution >= 4 is 17.8 Å². The van der Waals surface area contributed by atoms with Crippen LogP contribution in [0.15, 0.2) is 48.5 Å². The zero-order chi connectivity index (χ0) is 21.0. The second-order valence-electron chi connectivity index (χ2n) is 6.44. The van der Waals surface area contributed by atoms with Crippen LogP contribution < -0.4 is 5.32 Å². The van der Waals surface area contributed by atoms with Crippen molar-refractivity contribution in [3.05, 3.63) is 70.7 Å². The second kappa shape index (κ2) is 8.49. The minimum absolute atomic E-state index is 0.0689. The number of esters is 1. The van der Waals surface area contributed by atoms with Gasteiger partial charge in [0.15, 0.2) is 0 Å². The van der Waals surface area contributed by atoms with Gasteiger partial charge in [-0.3, -0.25) is 9.59 Å². The van der Waals surface area contributed by atoms with Crippen molar-refractivity contribution in [1.29, 1.82) is 0 Å². The smallest absolute Gasteiger partial charge is 0.338 e. The molecule has 0 radical (unpaired) electrons. The fraction of sp³-hybridized carbons (Fsp3) is 0.286. The van der Waals surface area contributed by atoms with Crippen LogP contribution in [-0.2, 0) is 22.4 Å². The third kappa shape index (κ3) is 4.94. The first-order valence-electron chi connectivity index (χ1n) is 9.70. The van der Waals surface area contributed by atoms with Crippen LogP contribution in [0.4, 0.5) is 0 Å². The summed E-state index contributed by atoms with van der Waals surface area (Å²) < 4.78 is 21.4. The van der Waals surface area contributed by atoms with Gasteiger partial charge in [-0.2, -0.15) is 0 Å². The lowest BCUT2D eigenvalue weighted by Crippen LogP contribution is -2.29. The van der Waals surface area contributed by atoms with Crippen LogP contribution in [0.3, 0.4) is 0 Å². The van der Waals surface area contributed by atoms with Gasteiger partial charge in [0.05, 0.1) is 14.9 Å². The number of hydrogen-bond acceptors (Lipinski definition) is 4. The zero-order valence-corrected chi connectivity index (χ0v) is 14.7. The molecular weight excluding hydrogens is 346 g/mol. The van der Waals surface area contributed by atoms with E-state index in [1.807, 2.05) is 0 Å². The summed E-state index contributed by atoms with van der Waals surface area (Å²) in [5, 5.41) is 10.9. The van der Waals surface area contributed by atoms with E-state index in [-0.39, 0.29) is 23.7 Å². The van der Waals surface area contributed by atoms with Crippen molar-refractivity contribution in [3.63, 3.8) is 0 Å². The molecule has 1 amide bonds. The first-order chi connectivity index (χ1) is 13.8. The van der Waals surface area contributed by atoms with Gasteiger partial charge in [-0.05, 0) is 54.5 Å². The van der Waals surface area contributed by atoms with Crippen LogP contribution in [-0.4, -0.2) is 36.1 Å². The summed E-state index contributed by atoms with van der Waals surface area (Å²) in [7, 11) is 0. The van der Waals surface area contributed by atoms with E-state index in [4.69, 9.17) is 12.6 Å². The lowest BCUT2D eigenvalue weighted by atomic mass is 9.84. The molecule has 0 saturated heterocycles. The number of carboxylic acid groups (broad SMARTS) is 1. The molecule has 6 heteroatoms. The molecule has 2 aromatic carbocycles. The Bertz CT molecular complexity index is 960. The summed E-state index contributed by atoms with van der Waals surface area (Å²) in [5.41, 5.74) is 2.13. The molecule has 1 aliphatic carbocycles. The number of amides is 1. The SMILES string of the molecule is [2H]c1ccc([2H])c2c1CCC(COC(=O)c1cccc(C(=O)NCC(=O)O)c1)C2. The van der Waals surface area contributed by atoms with E-state index in [1.54, 1.807) is 12.1 Å². The maximum absolute atomic E-state index is 12.4. The van der Waals surface area contributed by atoms with Gasteiger partial charge in [0.2, 0.25) is 0 Å². The first kappa shape index (κ1) is 16.1. The molecule has 2 N–H and O–H groups in total. The molecule has 0 aromatic heterocycles. The lowest BCUT2D eigenvalue weighted by molar-refractivity contribution is -0.135. The van der Waals surface area contributed by atoms with Crippen LogP contribution in [0.2, 0.25) is 0 Å². The Morgan fingerprint density at radius 2 is 1.89 bits per heavy atom. The van der Waals surface area contributed by atoms with Gasteiger partial charge < -0.3 is 15.2 Å². The van der Waals surface area contributed by atoms with Gasteiger partial charge in [0.1, 0.15) is 6.54 Å². The molecule has 0 aliphatic heterocycles. The topological polar surface area (TPSA) is 92.7 Å². The zero-order valence-electron chi connectivity index (χ0n) is 16.7. The quantitative estimate of drug-likeness (QED) is 0.763. The van der Waals surface area contributed by atoms with E-state index in [9.17, 15) is 14.4 Å². The number of carboxylic acids is 1. The van der Waals surface area contributed by atoms with Crippen LogP contribution in [0.25, 0.3) is 0 Å². The number of carbonyl (C=O) groups is 3. The predicted molar refractivity (Wildman–Crippen MR) is 98.7 cm³/mol. The van der Waals surface area contributed by atoms with E-state index >= 15 is 0 Å². The minimum atomic E-state index is -1.16. The maximum Gasteiger partial charge on any atom is 0.338 e. The predicted octanol–water partition coefficient (Wildman–Crippen LogP) is 2.46. The van der Waals surface area contributed by atoms with E-state index in [0.717, 1.165) is 17.5 Å². The molecule has 27 heavy (non-hydrogen) atoms. The van der Waals surface area contributed by atoms with Gasteiger partial charge in [-0.15, -0.1) is 0 Å². The third-order valence-electron chi connectivity index (χ3n) is 4.47. The van der Waals surface area contributed by atoms with E-state index < -0.39 is 24.4 Å². The van der Waals surface area contributed by atoms with E-state index in [1.165, 1.54) is 24.3 Å². The highest BCUT2D eigenvalue weighted by atomic mass is 16.5. The Kier molecular flexibility index (Phi) is 5.05. The van der Waals surface area contributed by atoms with Crippen molar-refractivity contribution in [3.8, 4) is 0 Å². The van der Waals surface area contributed by atoms with Crippen LogP contribution >= 0.6 is 0 Å².